The fourth-order valence-corrected chi connectivity index (χ4v) is 2.98. The number of carbonyl (C=O) groups is 1. The third kappa shape index (κ3) is 2.13. The normalized spacial score (nSPS) is 27.8. The van der Waals surface area contributed by atoms with Crippen LogP contribution in [-0.2, 0) is 10.2 Å². The standard InChI is InChI=1S/C14H18ClNO2/c1-16-13(18)14(9-3-2-4-12(14)17)10-5-7-11(15)8-6-10/h5-8,12,17H,2-4,9H2,1H3,(H,16,18)/t12-,14-/m0/s1. The van der Waals surface area contributed by atoms with Crippen molar-refractivity contribution in [2.45, 2.75) is 37.2 Å². The summed E-state index contributed by atoms with van der Waals surface area (Å²) >= 11 is 5.88. The molecule has 1 amide bonds. The lowest BCUT2D eigenvalue weighted by Gasteiger charge is -2.40. The molecule has 0 unspecified atom stereocenters. The maximum absolute atomic E-state index is 12.3. The molecule has 18 heavy (non-hydrogen) atoms. The van der Waals surface area contributed by atoms with E-state index in [0.717, 1.165) is 18.4 Å². The Hall–Kier alpha value is -1.06. The second-order valence-corrected chi connectivity index (χ2v) is 5.26. The van der Waals surface area contributed by atoms with Gasteiger partial charge in [0.25, 0.3) is 0 Å². The first-order valence-corrected chi connectivity index (χ1v) is 6.65. The summed E-state index contributed by atoms with van der Waals surface area (Å²) in [5.41, 5.74) is 0.0240. The number of likely N-dealkylation sites (N-methyl/N-ethyl adjacent to an activating group) is 1. The molecule has 0 bridgehead atoms. The monoisotopic (exact) mass is 267 g/mol. The highest BCUT2D eigenvalue weighted by molar-refractivity contribution is 6.30. The first-order valence-electron chi connectivity index (χ1n) is 6.27. The van der Waals surface area contributed by atoms with Crippen molar-refractivity contribution in [2.75, 3.05) is 7.05 Å². The van der Waals surface area contributed by atoms with Gasteiger partial charge in [-0.3, -0.25) is 4.79 Å². The van der Waals surface area contributed by atoms with Gasteiger partial charge in [-0.25, -0.2) is 0 Å². The smallest absolute Gasteiger partial charge is 0.233 e. The van der Waals surface area contributed by atoms with Crippen LogP contribution in [0.2, 0.25) is 5.02 Å². The molecule has 1 aromatic carbocycles. The number of benzene rings is 1. The summed E-state index contributed by atoms with van der Waals surface area (Å²) in [7, 11) is 1.61. The fraction of sp³-hybridized carbons (Fsp3) is 0.500. The minimum atomic E-state index is -0.822. The van der Waals surface area contributed by atoms with Crippen molar-refractivity contribution >= 4 is 17.5 Å². The van der Waals surface area contributed by atoms with E-state index < -0.39 is 11.5 Å². The van der Waals surface area contributed by atoms with Gasteiger partial charge < -0.3 is 10.4 Å². The topological polar surface area (TPSA) is 49.3 Å². The number of amides is 1. The molecule has 2 N–H and O–H groups in total. The summed E-state index contributed by atoms with van der Waals surface area (Å²) in [5, 5.41) is 13.7. The van der Waals surface area contributed by atoms with Crippen LogP contribution in [0.4, 0.5) is 0 Å². The zero-order valence-electron chi connectivity index (χ0n) is 10.4. The summed E-state index contributed by atoms with van der Waals surface area (Å²) in [6.45, 7) is 0. The Balaban J connectivity index is 2.47. The van der Waals surface area contributed by atoms with E-state index in [-0.39, 0.29) is 5.91 Å². The van der Waals surface area contributed by atoms with Crippen molar-refractivity contribution in [1.82, 2.24) is 5.32 Å². The molecule has 1 aromatic rings. The molecule has 3 nitrogen and oxygen atoms in total. The van der Waals surface area contributed by atoms with Gasteiger partial charge in [0.05, 0.1) is 11.5 Å². The Morgan fingerprint density at radius 1 is 1.39 bits per heavy atom. The van der Waals surface area contributed by atoms with Gasteiger partial charge in [-0.05, 0) is 30.5 Å². The summed E-state index contributed by atoms with van der Waals surface area (Å²) in [4.78, 5) is 12.3. The largest absolute Gasteiger partial charge is 0.392 e. The van der Waals surface area contributed by atoms with Gasteiger partial charge in [0.1, 0.15) is 0 Å². The van der Waals surface area contributed by atoms with E-state index in [1.807, 2.05) is 12.1 Å². The Bertz CT molecular complexity index is 432. The van der Waals surface area contributed by atoms with E-state index in [1.165, 1.54) is 0 Å². The van der Waals surface area contributed by atoms with Gasteiger partial charge in [0.15, 0.2) is 0 Å². The maximum Gasteiger partial charge on any atom is 0.233 e. The van der Waals surface area contributed by atoms with Crippen molar-refractivity contribution in [3.63, 3.8) is 0 Å². The molecule has 1 aliphatic carbocycles. The molecule has 98 valence electrons. The number of hydrogen-bond acceptors (Lipinski definition) is 2. The van der Waals surface area contributed by atoms with Crippen molar-refractivity contribution in [3.05, 3.63) is 34.9 Å². The Morgan fingerprint density at radius 2 is 2.06 bits per heavy atom. The SMILES string of the molecule is CNC(=O)[C@]1(c2ccc(Cl)cc2)CCCC[C@@H]1O. The average Bonchev–Trinajstić information content (AvgIpc) is 2.40. The second kappa shape index (κ2) is 5.29. The van der Waals surface area contributed by atoms with Crippen molar-refractivity contribution < 1.29 is 9.90 Å². The Morgan fingerprint density at radius 3 is 2.61 bits per heavy atom. The van der Waals surface area contributed by atoms with Crippen LogP contribution in [0, 0.1) is 0 Å². The lowest BCUT2D eigenvalue weighted by Crippen LogP contribution is -2.53. The molecule has 0 aromatic heterocycles. The van der Waals surface area contributed by atoms with Crippen LogP contribution in [0.15, 0.2) is 24.3 Å². The fourth-order valence-electron chi connectivity index (χ4n) is 2.86. The lowest BCUT2D eigenvalue weighted by molar-refractivity contribution is -0.132. The summed E-state index contributed by atoms with van der Waals surface area (Å²) < 4.78 is 0. The maximum atomic E-state index is 12.3. The number of hydrogen-bond donors (Lipinski definition) is 2. The molecule has 4 heteroatoms. The molecule has 2 atom stereocenters. The van der Waals surface area contributed by atoms with E-state index in [2.05, 4.69) is 5.32 Å². The first kappa shape index (κ1) is 13.4. The van der Waals surface area contributed by atoms with Crippen LogP contribution in [-0.4, -0.2) is 24.2 Å². The van der Waals surface area contributed by atoms with Crippen molar-refractivity contribution in [3.8, 4) is 0 Å². The number of aliphatic hydroxyl groups excluding tert-OH is 1. The van der Waals surface area contributed by atoms with Gasteiger partial charge in [0.2, 0.25) is 5.91 Å². The van der Waals surface area contributed by atoms with Crippen molar-refractivity contribution in [2.24, 2.45) is 0 Å². The predicted molar refractivity (Wildman–Crippen MR) is 71.7 cm³/mol. The zero-order valence-corrected chi connectivity index (χ0v) is 11.2. The Kier molecular flexibility index (Phi) is 3.93. The number of rotatable bonds is 2. The first-order chi connectivity index (χ1) is 8.61. The molecule has 1 fully saturated rings. The highest BCUT2D eigenvalue weighted by Crippen LogP contribution is 2.40. The summed E-state index contributed by atoms with van der Waals surface area (Å²) in [6, 6.07) is 7.21. The predicted octanol–water partition coefficient (Wildman–Crippen LogP) is 2.26. The number of aliphatic hydroxyl groups is 1. The minimum Gasteiger partial charge on any atom is -0.392 e. The highest BCUT2D eigenvalue weighted by atomic mass is 35.5. The molecule has 1 aliphatic rings. The van der Waals surface area contributed by atoms with Crippen LogP contribution in [0.1, 0.15) is 31.2 Å². The molecule has 0 saturated heterocycles. The second-order valence-electron chi connectivity index (χ2n) is 4.82. The number of carbonyl (C=O) groups excluding carboxylic acids is 1. The van der Waals surface area contributed by atoms with Gasteiger partial charge in [0, 0.05) is 12.1 Å². The van der Waals surface area contributed by atoms with Gasteiger partial charge >= 0.3 is 0 Å². The number of halogens is 1. The average molecular weight is 268 g/mol. The molecule has 0 heterocycles. The van der Waals surface area contributed by atoms with Crippen LogP contribution in [0.5, 0.6) is 0 Å². The lowest BCUT2D eigenvalue weighted by atomic mass is 9.66. The van der Waals surface area contributed by atoms with E-state index in [1.54, 1.807) is 19.2 Å². The molecular formula is C14H18ClNO2. The van der Waals surface area contributed by atoms with Crippen LogP contribution in [0.25, 0.3) is 0 Å². The van der Waals surface area contributed by atoms with Crippen LogP contribution < -0.4 is 5.32 Å². The van der Waals surface area contributed by atoms with Crippen molar-refractivity contribution in [1.29, 1.82) is 0 Å². The van der Waals surface area contributed by atoms with E-state index in [0.29, 0.717) is 17.9 Å². The molecule has 0 spiro atoms. The molecule has 0 aliphatic heterocycles. The molecule has 0 radical (unpaired) electrons. The Labute approximate surface area is 112 Å². The van der Waals surface area contributed by atoms with E-state index in [4.69, 9.17) is 11.6 Å². The molecular weight excluding hydrogens is 250 g/mol. The molecule has 2 rings (SSSR count). The quantitative estimate of drug-likeness (QED) is 0.864. The summed E-state index contributed by atoms with van der Waals surface area (Å²) in [5.74, 6) is -0.114. The number of nitrogens with one attached hydrogen (secondary N) is 1. The van der Waals surface area contributed by atoms with Gasteiger partial charge in [-0.15, -0.1) is 0 Å². The minimum absolute atomic E-state index is 0.114. The van der Waals surface area contributed by atoms with Crippen LogP contribution in [0.3, 0.4) is 0 Å². The highest BCUT2D eigenvalue weighted by Gasteiger charge is 2.47. The molecule has 1 saturated carbocycles. The van der Waals surface area contributed by atoms with Gasteiger partial charge in [-0.1, -0.05) is 36.6 Å². The van der Waals surface area contributed by atoms with Gasteiger partial charge in [-0.2, -0.15) is 0 Å². The van der Waals surface area contributed by atoms with Crippen LogP contribution >= 0.6 is 11.6 Å². The van der Waals surface area contributed by atoms with E-state index >= 15 is 0 Å². The van der Waals surface area contributed by atoms with E-state index in [9.17, 15) is 9.90 Å². The zero-order chi connectivity index (χ0) is 13.2. The third-order valence-corrected chi connectivity index (χ3v) is 4.11. The summed E-state index contributed by atoms with van der Waals surface area (Å²) in [6.07, 6.45) is 2.62. The third-order valence-electron chi connectivity index (χ3n) is 3.86.